The lowest BCUT2D eigenvalue weighted by molar-refractivity contribution is 1.06. The van der Waals surface area contributed by atoms with Gasteiger partial charge in [-0.1, -0.05) is 60.7 Å². The number of nitrogens with one attached hydrogen (secondary N) is 1. The van der Waals surface area contributed by atoms with Crippen molar-refractivity contribution in [3.8, 4) is 34.4 Å². The summed E-state index contributed by atoms with van der Waals surface area (Å²) in [6.07, 6.45) is 4.43. The van der Waals surface area contributed by atoms with Crippen molar-refractivity contribution in [1.29, 1.82) is 10.5 Å². The van der Waals surface area contributed by atoms with Crippen molar-refractivity contribution in [1.82, 2.24) is 0 Å². The van der Waals surface area contributed by atoms with E-state index in [9.17, 15) is 10.5 Å². The van der Waals surface area contributed by atoms with Crippen LogP contribution in [0.2, 0.25) is 0 Å². The van der Waals surface area contributed by atoms with Crippen LogP contribution in [0.1, 0.15) is 36.1 Å². The third-order valence-electron chi connectivity index (χ3n) is 6.68. The maximum Gasteiger partial charge on any atom is 0.0991 e. The molecule has 1 N–H and O–H groups in total. The molecular formula is C33H25N3. The highest BCUT2D eigenvalue weighted by Gasteiger charge is 2.27. The summed E-state index contributed by atoms with van der Waals surface area (Å²) >= 11 is 0. The van der Waals surface area contributed by atoms with E-state index in [1.165, 1.54) is 22.3 Å². The number of rotatable bonds is 4. The fourth-order valence-electron chi connectivity index (χ4n) is 4.74. The average molecular weight is 464 g/mol. The molecule has 0 bridgehead atoms. The van der Waals surface area contributed by atoms with Crippen LogP contribution in [-0.2, 0) is 0 Å². The second kappa shape index (κ2) is 9.79. The van der Waals surface area contributed by atoms with Crippen LogP contribution in [0, 0.1) is 22.7 Å². The molecule has 1 heterocycles. The molecular weight excluding hydrogens is 438 g/mol. The van der Waals surface area contributed by atoms with Gasteiger partial charge >= 0.3 is 0 Å². The Morgan fingerprint density at radius 2 is 1.33 bits per heavy atom. The summed E-state index contributed by atoms with van der Waals surface area (Å²) in [4.78, 5) is 0. The molecule has 1 atom stereocenters. The molecule has 172 valence electrons. The molecule has 0 saturated heterocycles. The Labute approximate surface area is 212 Å². The van der Waals surface area contributed by atoms with Gasteiger partial charge in [-0.3, -0.25) is 0 Å². The van der Waals surface area contributed by atoms with Crippen molar-refractivity contribution in [3.63, 3.8) is 0 Å². The summed E-state index contributed by atoms with van der Waals surface area (Å²) in [5.41, 5.74) is 11.4. The number of anilines is 1. The van der Waals surface area contributed by atoms with E-state index < -0.39 is 0 Å². The van der Waals surface area contributed by atoms with E-state index in [2.05, 4.69) is 79.9 Å². The molecule has 4 aromatic carbocycles. The van der Waals surface area contributed by atoms with E-state index in [4.69, 9.17) is 0 Å². The van der Waals surface area contributed by atoms with Crippen LogP contribution in [0.4, 0.5) is 5.69 Å². The minimum atomic E-state index is 0.131. The Morgan fingerprint density at radius 1 is 0.750 bits per heavy atom. The zero-order valence-corrected chi connectivity index (χ0v) is 20.3. The number of benzene rings is 4. The van der Waals surface area contributed by atoms with Crippen molar-refractivity contribution in [2.45, 2.75) is 19.9 Å². The number of nitriles is 2. The summed E-state index contributed by atoms with van der Waals surface area (Å²) in [7, 11) is 0. The van der Waals surface area contributed by atoms with Crippen molar-refractivity contribution in [2.24, 2.45) is 0 Å². The first-order valence-electron chi connectivity index (χ1n) is 12.0. The molecule has 5 rings (SSSR count). The molecule has 3 nitrogen and oxygen atoms in total. The molecule has 1 aliphatic rings. The summed E-state index contributed by atoms with van der Waals surface area (Å²) in [6, 6.07) is 34.8. The second-order valence-corrected chi connectivity index (χ2v) is 8.90. The molecule has 1 aliphatic heterocycles. The molecule has 0 radical (unpaired) electrons. The van der Waals surface area contributed by atoms with Crippen LogP contribution in [0.5, 0.6) is 0 Å². The molecule has 3 heteroatoms. The van der Waals surface area contributed by atoms with Crippen LogP contribution < -0.4 is 5.32 Å². The second-order valence-electron chi connectivity index (χ2n) is 8.90. The predicted molar refractivity (Wildman–Crippen MR) is 148 cm³/mol. The van der Waals surface area contributed by atoms with Gasteiger partial charge in [-0.15, -0.1) is 0 Å². The topological polar surface area (TPSA) is 59.6 Å². The first-order valence-corrected chi connectivity index (χ1v) is 12.0. The Kier molecular flexibility index (Phi) is 6.23. The van der Waals surface area contributed by atoms with Gasteiger partial charge in [0.05, 0.1) is 29.0 Å². The van der Waals surface area contributed by atoms with Gasteiger partial charge in [0.25, 0.3) is 0 Å². The highest BCUT2D eigenvalue weighted by atomic mass is 15.0. The molecule has 0 aromatic heterocycles. The number of fused-ring (bicyclic) bond motifs is 1. The lowest BCUT2D eigenvalue weighted by atomic mass is 9.90. The number of allylic oxidation sites excluding steroid dienone is 3. The van der Waals surface area contributed by atoms with Crippen LogP contribution in [0.3, 0.4) is 0 Å². The Bertz CT molecular complexity index is 1560. The Hall–Kier alpha value is -4.86. The molecule has 4 aromatic rings. The third kappa shape index (κ3) is 4.31. The quantitative estimate of drug-likeness (QED) is 0.333. The average Bonchev–Trinajstić information content (AvgIpc) is 3.26. The summed E-state index contributed by atoms with van der Waals surface area (Å²) < 4.78 is 0. The van der Waals surface area contributed by atoms with Crippen molar-refractivity contribution >= 4 is 16.8 Å². The molecule has 0 amide bonds. The van der Waals surface area contributed by atoms with Gasteiger partial charge < -0.3 is 5.32 Å². The van der Waals surface area contributed by atoms with E-state index in [1.807, 2.05) is 54.6 Å². The first-order chi connectivity index (χ1) is 17.6. The molecule has 0 fully saturated rings. The van der Waals surface area contributed by atoms with Gasteiger partial charge in [-0.05, 0) is 89.7 Å². The predicted octanol–water partition coefficient (Wildman–Crippen LogP) is 8.06. The zero-order valence-electron chi connectivity index (χ0n) is 20.3. The number of hydrogen-bond acceptors (Lipinski definition) is 3. The smallest absolute Gasteiger partial charge is 0.0991 e. The molecule has 1 unspecified atom stereocenters. The minimum Gasteiger partial charge on any atom is -0.377 e. The monoisotopic (exact) mass is 463 g/mol. The highest BCUT2D eigenvalue weighted by Crippen LogP contribution is 2.45. The van der Waals surface area contributed by atoms with E-state index in [1.54, 1.807) is 0 Å². The standard InChI is InChI=1S/C33H25N3/c1-3-25(26-7-5-4-6-8-26)17-30-22(2)36-33-31(28-15-11-24(21-35)12-16-28)18-29(19-32(30)33)27-13-9-23(20-34)10-14-27/h3-19,22,36H,1-2H3/b25-3+,30-17+. The minimum absolute atomic E-state index is 0.131. The van der Waals surface area contributed by atoms with E-state index >= 15 is 0 Å². The summed E-state index contributed by atoms with van der Waals surface area (Å²) in [6.45, 7) is 4.26. The first kappa shape index (κ1) is 22.9. The van der Waals surface area contributed by atoms with Gasteiger partial charge in [-0.25, -0.2) is 0 Å². The molecule has 0 saturated carbocycles. The van der Waals surface area contributed by atoms with Crippen molar-refractivity contribution in [3.05, 3.63) is 125 Å². The summed E-state index contributed by atoms with van der Waals surface area (Å²) in [5, 5.41) is 22.2. The Morgan fingerprint density at radius 3 is 1.92 bits per heavy atom. The van der Waals surface area contributed by atoms with Gasteiger partial charge in [0.1, 0.15) is 0 Å². The van der Waals surface area contributed by atoms with Crippen LogP contribution in [-0.4, -0.2) is 6.04 Å². The van der Waals surface area contributed by atoms with Gasteiger partial charge in [-0.2, -0.15) is 10.5 Å². The number of nitrogens with zero attached hydrogens (tertiary/aromatic N) is 2. The van der Waals surface area contributed by atoms with E-state index in [-0.39, 0.29) is 6.04 Å². The molecule has 0 spiro atoms. The van der Waals surface area contributed by atoms with Crippen LogP contribution >= 0.6 is 0 Å². The highest BCUT2D eigenvalue weighted by molar-refractivity contribution is 6.00. The van der Waals surface area contributed by atoms with Crippen LogP contribution in [0.25, 0.3) is 33.4 Å². The van der Waals surface area contributed by atoms with Crippen molar-refractivity contribution in [2.75, 3.05) is 5.32 Å². The van der Waals surface area contributed by atoms with Crippen molar-refractivity contribution < 1.29 is 0 Å². The fourth-order valence-corrected chi connectivity index (χ4v) is 4.74. The third-order valence-corrected chi connectivity index (χ3v) is 6.68. The molecule has 0 aliphatic carbocycles. The number of hydrogen-bond donors (Lipinski definition) is 1. The van der Waals surface area contributed by atoms with Gasteiger partial charge in [0.15, 0.2) is 0 Å². The fraction of sp³-hybridized carbons (Fsp3) is 0.0909. The van der Waals surface area contributed by atoms with Gasteiger partial charge in [0, 0.05) is 17.2 Å². The summed E-state index contributed by atoms with van der Waals surface area (Å²) in [5.74, 6) is 0. The Balaban J connectivity index is 1.70. The molecule has 36 heavy (non-hydrogen) atoms. The van der Waals surface area contributed by atoms with E-state index in [0.717, 1.165) is 27.9 Å². The SMILES string of the molecule is C/C=C(\C=C1\c2cc(-c3ccc(C#N)cc3)cc(-c3ccc(C#N)cc3)c2NC1C)c1ccccc1. The largest absolute Gasteiger partial charge is 0.377 e. The lowest BCUT2D eigenvalue weighted by Crippen LogP contribution is -2.09. The van der Waals surface area contributed by atoms with Gasteiger partial charge in [0.2, 0.25) is 0 Å². The zero-order chi connectivity index (χ0) is 25.1. The maximum atomic E-state index is 9.26. The van der Waals surface area contributed by atoms with E-state index in [0.29, 0.717) is 11.1 Å². The maximum absolute atomic E-state index is 9.26. The van der Waals surface area contributed by atoms with Crippen LogP contribution in [0.15, 0.2) is 103 Å². The normalized spacial score (nSPS) is 15.6. The lowest BCUT2D eigenvalue weighted by Gasteiger charge is -2.13.